The molecule has 21 heavy (non-hydrogen) atoms. The Morgan fingerprint density at radius 2 is 1.57 bits per heavy atom. The normalized spacial score (nSPS) is 20.1. The molecule has 0 heterocycles. The first-order valence-electron chi connectivity index (χ1n) is 9.15. The molecule has 0 bridgehead atoms. The van der Waals surface area contributed by atoms with Crippen molar-refractivity contribution in [2.24, 2.45) is 5.41 Å². The zero-order valence-electron chi connectivity index (χ0n) is 15.6. The van der Waals surface area contributed by atoms with Crippen LogP contribution < -0.4 is 5.32 Å². The second-order valence-electron chi connectivity index (χ2n) is 8.97. The van der Waals surface area contributed by atoms with E-state index < -0.39 is 0 Å². The van der Waals surface area contributed by atoms with E-state index in [1.54, 1.807) is 0 Å². The van der Waals surface area contributed by atoms with Crippen LogP contribution in [0.3, 0.4) is 0 Å². The molecule has 1 aliphatic carbocycles. The van der Waals surface area contributed by atoms with Gasteiger partial charge in [0.1, 0.15) is 0 Å². The van der Waals surface area contributed by atoms with Crippen molar-refractivity contribution in [2.75, 3.05) is 20.1 Å². The Balaban J connectivity index is 2.00. The zero-order chi connectivity index (χ0) is 15.9. The summed E-state index contributed by atoms with van der Waals surface area (Å²) >= 11 is 0. The lowest BCUT2D eigenvalue weighted by molar-refractivity contribution is 0.126. The quantitative estimate of drug-likeness (QED) is 0.645. The molecular formula is C19H40N2. The lowest BCUT2D eigenvalue weighted by Gasteiger charge is -2.38. The number of rotatable bonds is 8. The number of hydrogen-bond donors (Lipinski definition) is 1. The van der Waals surface area contributed by atoms with Crippen molar-refractivity contribution in [2.45, 2.75) is 97.6 Å². The summed E-state index contributed by atoms with van der Waals surface area (Å²) < 4.78 is 0. The highest BCUT2D eigenvalue weighted by Crippen LogP contribution is 2.36. The van der Waals surface area contributed by atoms with Gasteiger partial charge in [-0.2, -0.15) is 0 Å². The standard InChI is InChI=1S/C19H40N2/c1-18(2,3)20-15-9-7-8-10-16-21(6)17-11-13-19(4,5)14-12-17/h17,20H,7-16H2,1-6H3. The molecular weight excluding hydrogens is 256 g/mol. The van der Waals surface area contributed by atoms with Crippen LogP contribution in [-0.4, -0.2) is 36.6 Å². The summed E-state index contributed by atoms with van der Waals surface area (Å²) in [5, 5.41) is 3.57. The summed E-state index contributed by atoms with van der Waals surface area (Å²) in [6, 6.07) is 0.848. The van der Waals surface area contributed by atoms with Crippen LogP contribution in [0.1, 0.15) is 86.0 Å². The topological polar surface area (TPSA) is 15.3 Å². The molecule has 2 heteroatoms. The third-order valence-corrected chi connectivity index (χ3v) is 5.02. The molecule has 0 aromatic heterocycles. The van der Waals surface area contributed by atoms with Gasteiger partial charge >= 0.3 is 0 Å². The Hall–Kier alpha value is -0.0800. The number of nitrogens with zero attached hydrogens (tertiary/aromatic N) is 1. The van der Waals surface area contributed by atoms with Crippen LogP contribution in [-0.2, 0) is 0 Å². The SMILES string of the molecule is CN(CCCCCCNC(C)(C)C)C1CCC(C)(C)CC1. The van der Waals surface area contributed by atoms with E-state index in [1.807, 2.05) is 0 Å². The van der Waals surface area contributed by atoms with Crippen molar-refractivity contribution in [3.8, 4) is 0 Å². The van der Waals surface area contributed by atoms with Crippen LogP contribution in [0, 0.1) is 5.41 Å². The molecule has 1 aliphatic rings. The summed E-state index contributed by atoms with van der Waals surface area (Å²) in [7, 11) is 2.34. The minimum absolute atomic E-state index is 0.273. The van der Waals surface area contributed by atoms with E-state index >= 15 is 0 Å². The summed E-state index contributed by atoms with van der Waals surface area (Å²) in [5.41, 5.74) is 0.867. The summed E-state index contributed by atoms with van der Waals surface area (Å²) in [4.78, 5) is 2.63. The van der Waals surface area contributed by atoms with Crippen LogP contribution in [0.5, 0.6) is 0 Å². The Bertz CT molecular complexity index is 268. The molecule has 0 atom stereocenters. The molecule has 0 aromatic carbocycles. The molecule has 1 N–H and O–H groups in total. The van der Waals surface area contributed by atoms with Crippen LogP contribution >= 0.6 is 0 Å². The van der Waals surface area contributed by atoms with Gasteiger partial charge in [0.25, 0.3) is 0 Å². The van der Waals surface area contributed by atoms with Crippen molar-refractivity contribution in [3.05, 3.63) is 0 Å². The highest BCUT2D eigenvalue weighted by molar-refractivity contribution is 4.82. The number of unbranched alkanes of at least 4 members (excludes halogenated alkanes) is 3. The predicted octanol–water partition coefficient (Wildman–Crippen LogP) is 4.84. The number of hydrogen-bond acceptors (Lipinski definition) is 2. The largest absolute Gasteiger partial charge is 0.312 e. The van der Waals surface area contributed by atoms with Gasteiger partial charge in [0, 0.05) is 11.6 Å². The van der Waals surface area contributed by atoms with E-state index in [4.69, 9.17) is 0 Å². The van der Waals surface area contributed by atoms with Crippen molar-refractivity contribution in [1.29, 1.82) is 0 Å². The zero-order valence-corrected chi connectivity index (χ0v) is 15.6. The Labute approximate surface area is 134 Å². The fourth-order valence-corrected chi connectivity index (χ4v) is 3.31. The van der Waals surface area contributed by atoms with E-state index in [2.05, 4.69) is 51.9 Å². The monoisotopic (exact) mass is 296 g/mol. The smallest absolute Gasteiger partial charge is 0.00965 e. The van der Waals surface area contributed by atoms with Crippen molar-refractivity contribution in [3.63, 3.8) is 0 Å². The van der Waals surface area contributed by atoms with Gasteiger partial charge in [-0.3, -0.25) is 0 Å². The Morgan fingerprint density at radius 3 is 2.14 bits per heavy atom. The Morgan fingerprint density at radius 1 is 1.00 bits per heavy atom. The fraction of sp³-hybridized carbons (Fsp3) is 1.00. The number of nitrogens with one attached hydrogen (secondary N) is 1. The first-order valence-corrected chi connectivity index (χ1v) is 9.15. The third-order valence-electron chi connectivity index (χ3n) is 5.02. The first kappa shape index (κ1) is 19.0. The van der Waals surface area contributed by atoms with Crippen molar-refractivity contribution < 1.29 is 0 Å². The van der Waals surface area contributed by atoms with E-state index in [9.17, 15) is 0 Å². The average molecular weight is 297 g/mol. The molecule has 0 aromatic rings. The minimum Gasteiger partial charge on any atom is -0.312 e. The molecule has 0 radical (unpaired) electrons. The van der Waals surface area contributed by atoms with Crippen LogP contribution in [0.2, 0.25) is 0 Å². The highest BCUT2D eigenvalue weighted by Gasteiger charge is 2.28. The van der Waals surface area contributed by atoms with Gasteiger partial charge in [-0.25, -0.2) is 0 Å². The van der Waals surface area contributed by atoms with E-state index in [1.165, 1.54) is 57.9 Å². The van der Waals surface area contributed by atoms with E-state index in [0.29, 0.717) is 5.41 Å². The molecule has 0 spiro atoms. The third kappa shape index (κ3) is 8.83. The Kier molecular flexibility index (Phi) is 7.70. The molecule has 2 nitrogen and oxygen atoms in total. The minimum atomic E-state index is 0.273. The van der Waals surface area contributed by atoms with Crippen LogP contribution in [0.15, 0.2) is 0 Å². The van der Waals surface area contributed by atoms with Crippen molar-refractivity contribution in [1.82, 2.24) is 10.2 Å². The van der Waals surface area contributed by atoms with Crippen LogP contribution in [0.4, 0.5) is 0 Å². The van der Waals surface area contributed by atoms with Gasteiger partial charge in [-0.15, -0.1) is 0 Å². The highest BCUT2D eigenvalue weighted by atomic mass is 15.1. The molecule has 0 aliphatic heterocycles. The van der Waals surface area contributed by atoms with Gasteiger partial charge < -0.3 is 10.2 Å². The van der Waals surface area contributed by atoms with E-state index in [0.717, 1.165) is 12.6 Å². The maximum atomic E-state index is 3.57. The molecule has 0 saturated heterocycles. The van der Waals surface area contributed by atoms with Crippen molar-refractivity contribution >= 4 is 0 Å². The van der Waals surface area contributed by atoms with Gasteiger partial charge in [0.05, 0.1) is 0 Å². The molecule has 1 fully saturated rings. The predicted molar refractivity (Wildman–Crippen MR) is 94.9 cm³/mol. The molecule has 1 saturated carbocycles. The maximum Gasteiger partial charge on any atom is 0.00965 e. The lowest BCUT2D eigenvalue weighted by atomic mass is 9.75. The summed E-state index contributed by atoms with van der Waals surface area (Å²) in [5.74, 6) is 0. The average Bonchev–Trinajstić information content (AvgIpc) is 2.36. The molecule has 126 valence electrons. The fourth-order valence-electron chi connectivity index (χ4n) is 3.31. The van der Waals surface area contributed by atoms with E-state index in [-0.39, 0.29) is 5.54 Å². The second kappa shape index (κ2) is 8.53. The molecule has 1 rings (SSSR count). The van der Waals surface area contributed by atoms with Gasteiger partial charge in [-0.1, -0.05) is 26.7 Å². The summed E-state index contributed by atoms with van der Waals surface area (Å²) in [6.07, 6.45) is 11.0. The molecule has 0 unspecified atom stereocenters. The molecule has 0 amide bonds. The van der Waals surface area contributed by atoms with Crippen LogP contribution in [0.25, 0.3) is 0 Å². The summed E-state index contributed by atoms with van der Waals surface area (Å²) in [6.45, 7) is 14.0. The van der Waals surface area contributed by atoms with Gasteiger partial charge in [0.15, 0.2) is 0 Å². The van der Waals surface area contributed by atoms with Gasteiger partial charge in [-0.05, 0) is 84.8 Å². The van der Waals surface area contributed by atoms with Gasteiger partial charge in [0.2, 0.25) is 0 Å². The maximum absolute atomic E-state index is 3.57. The first-order chi connectivity index (χ1) is 9.70. The second-order valence-corrected chi connectivity index (χ2v) is 8.97. The lowest BCUT2D eigenvalue weighted by Crippen LogP contribution is -2.37.